The van der Waals surface area contributed by atoms with Crippen molar-refractivity contribution in [3.63, 3.8) is 0 Å². The fraction of sp³-hybridized carbons (Fsp3) is 0.905. The van der Waals surface area contributed by atoms with Gasteiger partial charge in [0.05, 0.1) is 27.7 Å². The van der Waals surface area contributed by atoms with Gasteiger partial charge in [-0.05, 0) is 6.42 Å². The number of carbonyl (C=O) groups is 2. The molecule has 9 nitrogen and oxygen atoms in total. The Labute approximate surface area is 187 Å². The van der Waals surface area contributed by atoms with Gasteiger partial charge in [-0.3, -0.25) is 14.2 Å². The molecule has 0 aliphatic heterocycles. The summed E-state index contributed by atoms with van der Waals surface area (Å²) in [5, 5.41) is 0. The number of likely N-dealkylation sites (N-methyl/N-ethyl adjacent to an activating group) is 1. The molecule has 0 heterocycles. The van der Waals surface area contributed by atoms with Crippen molar-refractivity contribution in [2.45, 2.75) is 77.7 Å². The number of phosphoric acid groups is 1. The lowest BCUT2D eigenvalue weighted by molar-refractivity contribution is -0.870. The first kappa shape index (κ1) is 30.0. The average Bonchev–Trinajstić information content (AvgIpc) is 2.64. The molecule has 1 unspecified atom stereocenters. The topological polar surface area (TPSA) is 111 Å². The number of nitrogens with zero attached hydrogens (tertiary/aromatic N) is 1. The quantitative estimate of drug-likeness (QED) is 0.123. The van der Waals surface area contributed by atoms with Crippen molar-refractivity contribution in [3.05, 3.63) is 0 Å². The molecule has 0 aromatic carbocycles. The molecule has 0 amide bonds. The van der Waals surface area contributed by atoms with E-state index in [1.54, 1.807) is 0 Å². The summed E-state index contributed by atoms with van der Waals surface area (Å²) in [6.45, 7) is 3.06. The van der Waals surface area contributed by atoms with Gasteiger partial charge in [0.2, 0.25) is 0 Å². The predicted molar refractivity (Wildman–Crippen MR) is 116 cm³/mol. The van der Waals surface area contributed by atoms with Crippen molar-refractivity contribution in [1.29, 1.82) is 0 Å². The van der Waals surface area contributed by atoms with Crippen LogP contribution in [-0.2, 0) is 32.7 Å². The van der Waals surface area contributed by atoms with Crippen LogP contribution in [0.15, 0.2) is 0 Å². The number of hydrogen-bond acceptors (Lipinski definition) is 8. The number of phosphoric ester groups is 1. The molecular weight excluding hydrogens is 425 g/mol. The summed E-state index contributed by atoms with van der Waals surface area (Å²) < 4.78 is 32.1. The summed E-state index contributed by atoms with van der Waals surface area (Å²) in [6, 6.07) is 0. The molecule has 0 N–H and O–H groups in total. The Morgan fingerprint density at radius 1 is 0.935 bits per heavy atom. The Balaban J connectivity index is 4.17. The van der Waals surface area contributed by atoms with E-state index in [4.69, 9.17) is 18.5 Å². The first-order chi connectivity index (χ1) is 14.4. The zero-order chi connectivity index (χ0) is 23.8. The highest BCUT2D eigenvalue weighted by atomic mass is 31.2. The summed E-state index contributed by atoms with van der Waals surface area (Å²) in [5.41, 5.74) is 0. The maximum Gasteiger partial charge on any atom is 0.305 e. The highest BCUT2D eigenvalue weighted by Crippen LogP contribution is 2.38. The van der Waals surface area contributed by atoms with Gasteiger partial charge in [0.25, 0.3) is 7.82 Å². The smallest absolute Gasteiger partial charge is 0.305 e. The van der Waals surface area contributed by atoms with Crippen LogP contribution in [0.1, 0.15) is 71.6 Å². The second kappa shape index (κ2) is 16.6. The molecule has 0 rings (SSSR count). The number of esters is 2. The molecule has 184 valence electrons. The van der Waals surface area contributed by atoms with Gasteiger partial charge in [-0.1, -0.05) is 51.9 Å². The first-order valence-corrected chi connectivity index (χ1v) is 12.6. The Hall–Kier alpha value is -0.990. The minimum absolute atomic E-state index is 0.0316. The van der Waals surface area contributed by atoms with E-state index in [1.807, 2.05) is 21.1 Å². The molecule has 0 radical (unpaired) electrons. The summed E-state index contributed by atoms with van der Waals surface area (Å²) >= 11 is 0. The van der Waals surface area contributed by atoms with Crippen molar-refractivity contribution in [2.24, 2.45) is 0 Å². The van der Waals surface area contributed by atoms with Gasteiger partial charge in [0.1, 0.15) is 19.8 Å². The molecule has 0 aromatic heterocycles. The largest absolute Gasteiger partial charge is 0.756 e. The van der Waals surface area contributed by atoms with Crippen LogP contribution in [0.4, 0.5) is 0 Å². The van der Waals surface area contributed by atoms with Crippen LogP contribution in [0.2, 0.25) is 0 Å². The third-order valence-corrected chi connectivity index (χ3v) is 5.39. The Morgan fingerprint density at radius 2 is 1.52 bits per heavy atom. The number of hydrogen-bond donors (Lipinski definition) is 0. The molecule has 0 fully saturated rings. The molecule has 0 bridgehead atoms. The lowest BCUT2D eigenvalue weighted by atomic mass is 10.1. The summed E-state index contributed by atoms with van der Waals surface area (Å²) in [5.74, 6) is -1.04. The van der Waals surface area contributed by atoms with Gasteiger partial charge < -0.3 is 27.9 Å². The van der Waals surface area contributed by atoms with Crippen LogP contribution in [0.25, 0.3) is 0 Å². The first-order valence-electron chi connectivity index (χ1n) is 11.2. The van der Waals surface area contributed by atoms with E-state index in [-0.39, 0.29) is 19.6 Å². The number of rotatable bonds is 19. The minimum atomic E-state index is -4.55. The third-order valence-electron chi connectivity index (χ3n) is 4.43. The van der Waals surface area contributed by atoms with Gasteiger partial charge in [-0.15, -0.1) is 0 Å². The fourth-order valence-electron chi connectivity index (χ4n) is 2.65. The Kier molecular flexibility index (Phi) is 16.1. The predicted octanol–water partition coefficient (Wildman–Crippen LogP) is 3.20. The molecule has 0 aliphatic rings. The van der Waals surface area contributed by atoms with E-state index in [0.717, 1.165) is 19.3 Å². The molecule has 0 saturated heterocycles. The molecule has 2 atom stereocenters. The monoisotopic (exact) mass is 467 g/mol. The van der Waals surface area contributed by atoms with E-state index < -0.39 is 32.5 Å². The number of unbranched alkanes of at least 4 members (excludes halogenated alkanes) is 7. The van der Waals surface area contributed by atoms with Gasteiger partial charge in [0, 0.05) is 13.3 Å². The third kappa shape index (κ3) is 20.7. The van der Waals surface area contributed by atoms with E-state index in [2.05, 4.69) is 6.92 Å². The second-order valence-corrected chi connectivity index (χ2v) is 10.1. The van der Waals surface area contributed by atoms with Crippen molar-refractivity contribution < 1.29 is 42.1 Å². The van der Waals surface area contributed by atoms with E-state index in [0.29, 0.717) is 11.0 Å². The molecule has 0 spiro atoms. The summed E-state index contributed by atoms with van der Waals surface area (Å²) in [7, 11) is 1.15. The second-order valence-electron chi connectivity index (χ2n) is 8.73. The normalized spacial score (nSPS) is 14.6. The van der Waals surface area contributed by atoms with Crippen molar-refractivity contribution >= 4 is 19.8 Å². The number of carbonyl (C=O) groups excluding carboxylic acids is 2. The van der Waals surface area contributed by atoms with Gasteiger partial charge >= 0.3 is 11.9 Å². The van der Waals surface area contributed by atoms with Crippen molar-refractivity contribution in [3.8, 4) is 0 Å². The van der Waals surface area contributed by atoms with Gasteiger partial charge in [-0.25, -0.2) is 0 Å². The van der Waals surface area contributed by atoms with Gasteiger partial charge in [-0.2, -0.15) is 0 Å². The van der Waals surface area contributed by atoms with Crippen molar-refractivity contribution in [1.82, 2.24) is 0 Å². The van der Waals surface area contributed by atoms with Crippen LogP contribution >= 0.6 is 7.82 Å². The Bertz CT molecular complexity index is 550. The molecular formula is C21H42NO8P. The molecule has 31 heavy (non-hydrogen) atoms. The molecule has 10 heteroatoms. The van der Waals surface area contributed by atoms with Crippen LogP contribution in [0.3, 0.4) is 0 Å². The highest BCUT2D eigenvalue weighted by Gasteiger charge is 2.20. The van der Waals surface area contributed by atoms with E-state index in [9.17, 15) is 19.0 Å². The molecule has 0 aromatic rings. The van der Waals surface area contributed by atoms with Crippen LogP contribution in [0.5, 0.6) is 0 Å². The average molecular weight is 468 g/mol. The minimum Gasteiger partial charge on any atom is -0.756 e. The lowest BCUT2D eigenvalue weighted by Gasteiger charge is -2.28. The zero-order valence-corrected chi connectivity index (χ0v) is 20.8. The number of quaternary nitrogens is 1. The molecule has 0 saturated carbocycles. The van der Waals surface area contributed by atoms with Crippen LogP contribution in [0, 0.1) is 0 Å². The lowest BCUT2D eigenvalue weighted by Crippen LogP contribution is -2.37. The standard InChI is InChI=1S/C21H42NO8P/c1-6-7-8-9-10-11-12-13-14-21(24)27-17-20(30-19(2)23)18-29-31(25,26)28-16-15-22(3,4)5/h20H,6-18H2,1-5H3/t20-/m1/s1. The SMILES string of the molecule is CCCCCCCCCCC(=O)OC[C@H](COP(=O)([O-])OCC[N+](C)(C)C)OC(C)=O. The van der Waals surface area contributed by atoms with E-state index in [1.165, 1.54) is 39.0 Å². The maximum absolute atomic E-state index is 11.9. The Morgan fingerprint density at radius 3 is 2.06 bits per heavy atom. The zero-order valence-electron chi connectivity index (χ0n) is 19.9. The fourth-order valence-corrected chi connectivity index (χ4v) is 3.38. The van der Waals surface area contributed by atoms with E-state index >= 15 is 0 Å². The number of ether oxygens (including phenoxy) is 2. The van der Waals surface area contributed by atoms with Crippen LogP contribution < -0.4 is 4.89 Å². The van der Waals surface area contributed by atoms with Crippen molar-refractivity contribution in [2.75, 3.05) is 47.5 Å². The highest BCUT2D eigenvalue weighted by molar-refractivity contribution is 7.45. The molecule has 0 aliphatic carbocycles. The van der Waals surface area contributed by atoms with Gasteiger partial charge in [0.15, 0.2) is 6.10 Å². The maximum atomic E-state index is 11.9. The van der Waals surface area contributed by atoms with Crippen LogP contribution in [-0.4, -0.2) is 70.0 Å². The summed E-state index contributed by atoms with van der Waals surface area (Å²) in [6.07, 6.45) is 8.19. The summed E-state index contributed by atoms with van der Waals surface area (Å²) in [4.78, 5) is 35.0.